The zero-order valence-electron chi connectivity index (χ0n) is 15.5. The van der Waals surface area contributed by atoms with E-state index in [1.165, 1.54) is 43.5 Å². The molecular weight excluding hydrogens is 378 g/mol. The molecule has 0 unspecified atom stereocenters. The molecule has 1 aliphatic heterocycles. The Hall–Kier alpha value is -2.25. The topological polar surface area (TPSA) is 34.0 Å². The molecule has 2 aromatic carbocycles. The second-order valence-electron chi connectivity index (χ2n) is 6.96. The number of hydrogen-bond donors (Lipinski definition) is 0. The first kappa shape index (κ1) is 19.1. The van der Waals surface area contributed by atoms with Gasteiger partial charge in [-0.15, -0.1) is 10.2 Å². The Labute approximate surface area is 167 Å². The van der Waals surface area contributed by atoms with Crippen LogP contribution in [0.2, 0.25) is 0 Å². The summed E-state index contributed by atoms with van der Waals surface area (Å²) in [6, 6.07) is 12.9. The van der Waals surface area contributed by atoms with Crippen molar-refractivity contribution < 1.29 is 8.78 Å². The van der Waals surface area contributed by atoms with Crippen molar-refractivity contribution >= 4 is 11.8 Å². The number of thioether (sulfide) groups is 1. The van der Waals surface area contributed by atoms with Crippen molar-refractivity contribution in [1.82, 2.24) is 19.7 Å². The molecule has 146 valence electrons. The number of benzene rings is 2. The molecule has 0 saturated carbocycles. The van der Waals surface area contributed by atoms with Crippen molar-refractivity contribution in [3.8, 4) is 5.69 Å². The summed E-state index contributed by atoms with van der Waals surface area (Å²) in [4.78, 5) is 2.39. The predicted octanol–water partition coefficient (Wildman–Crippen LogP) is 4.82. The van der Waals surface area contributed by atoms with E-state index < -0.39 is 0 Å². The number of halogens is 2. The third-order valence-corrected chi connectivity index (χ3v) is 5.88. The molecular formula is C21H22F2N4S. The number of aromatic nitrogens is 3. The van der Waals surface area contributed by atoms with Crippen LogP contribution in [-0.2, 0) is 12.3 Å². The fraction of sp³-hybridized carbons (Fsp3) is 0.333. The van der Waals surface area contributed by atoms with E-state index in [9.17, 15) is 8.78 Å². The van der Waals surface area contributed by atoms with Crippen LogP contribution in [0.1, 0.15) is 30.7 Å². The van der Waals surface area contributed by atoms with Gasteiger partial charge in [0.15, 0.2) is 11.0 Å². The minimum atomic E-state index is -0.269. The van der Waals surface area contributed by atoms with Gasteiger partial charge in [0.1, 0.15) is 11.6 Å². The van der Waals surface area contributed by atoms with Crippen molar-refractivity contribution in [2.24, 2.45) is 0 Å². The molecule has 0 radical (unpaired) electrons. The van der Waals surface area contributed by atoms with E-state index in [-0.39, 0.29) is 11.6 Å². The van der Waals surface area contributed by atoms with E-state index in [0.29, 0.717) is 5.75 Å². The van der Waals surface area contributed by atoms with Gasteiger partial charge in [-0.05, 0) is 67.9 Å². The fourth-order valence-corrected chi connectivity index (χ4v) is 4.32. The van der Waals surface area contributed by atoms with Crippen molar-refractivity contribution in [2.45, 2.75) is 36.7 Å². The Bertz CT molecular complexity index is 903. The minimum absolute atomic E-state index is 0.243. The van der Waals surface area contributed by atoms with Gasteiger partial charge >= 0.3 is 0 Å². The maximum Gasteiger partial charge on any atom is 0.196 e. The number of piperidine rings is 1. The lowest BCUT2D eigenvalue weighted by Gasteiger charge is -2.26. The van der Waals surface area contributed by atoms with Crippen LogP contribution in [0.5, 0.6) is 0 Å². The lowest BCUT2D eigenvalue weighted by molar-refractivity contribution is 0.214. The molecule has 2 heterocycles. The van der Waals surface area contributed by atoms with Gasteiger partial charge in [0.25, 0.3) is 0 Å². The van der Waals surface area contributed by atoms with Crippen LogP contribution in [0.4, 0.5) is 8.78 Å². The summed E-state index contributed by atoms with van der Waals surface area (Å²) < 4.78 is 28.5. The van der Waals surface area contributed by atoms with Gasteiger partial charge in [-0.1, -0.05) is 30.3 Å². The molecule has 0 bridgehead atoms. The summed E-state index contributed by atoms with van der Waals surface area (Å²) in [7, 11) is 0. The number of likely N-dealkylation sites (tertiary alicyclic amines) is 1. The van der Waals surface area contributed by atoms with Crippen molar-refractivity contribution in [3.63, 3.8) is 0 Å². The van der Waals surface area contributed by atoms with Crippen LogP contribution in [0.15, 0.2) is 53.7 Å². The summed E-state index contributed by atoms with van der Waals surface area (Å²) in [6.45, 7) is 2.85. The summed E-state index contributed by atoms with van der Waals surface area (Å²) in [5.74, 6) is 1.00. The van der Waals surface area contributed by atoms with Gasteiger partial charge < -0.3 is 0 Å². The standard InChI is InChI=1S/C21H22F2N4S/c22-17-6-4-16(5-7-17)15-28-21-25-24-20(14-26-12-2-1-3-13-26)27(21)19-10-8-18(23)9-11-19/h4-11H,1-3,12-15H2. The maximum atomic E-state index is 13.4. The zero-order valence-corrected chi connectivity index (χ0v) is 16.3. The average Bonchev–Trinajstić information content (AvgIpc) is 3.11. The molecule has 3 aromatic rings. The Morgan fingerprint density at radius 3 is 2.14 bits per heavy atom. The Morgan fingerprint density at radius 2 is 1.46 bits per heavy atom. The molecule has 7 heteroatoms. The highest BCUT2D eigenvalue weighted by atomic mass is 32.2. The Morgan fingerprint density at radius 1 is 0.821 bits per heavy atom. The van der Waals surface area contributed by atoms with Gasteiger partial charge in [0.2, 0.25) is 0 Å². The van der Waals surface area contributed by atoms with Gasteiger partial charge in [-0.25, -0.2) is 8.78 Å². The summed E-state index contributed by atoms with van der Waals surface area (Å²) in [6.07, 6.45) is 3.69. The van der Waals surface area contributed by atoms with E-state index in [0.717, 1.165) is 41.9 Å². The highest BCUT2D eigenvalue weighted by Gasteiger charge is 2.19. The lowest BCUT2D eigenvalue weighted by Crippen LogP contribution is -2.30. The van der Waals surface area contributed by atoms with Crippen LogP contribution in [-0.4, -0.2) is 32.8 Å². The molecule has 0 N–H and O–H groups in total. The highest BCUT2D eigenvalue weighted by molar-refractivity contribution is 7.98. The molecule has 0 aliphatic carbocycles. The first-order valence-corrected chi connectivity index (χ1v) is 10.5. The molecule has 1 fully saturated rings. The normalized spacial score (nSPS) is 15.1. The first-order chi connectivity index (χ1) is 13.7. The van der Waals surface area contributed by atoms with Crippen molar-refractivity contribution in [1.29, 1.82) is 0 Å². The van der Waals surface area contributed by atoms with Crippen LogP contribution >= 0.6 is 11.8 Å². The van der Waals surface area contributed by atoms with Crippen molar-refractivity contribution in [3.05, 3.63) is 71.6 Å². The summed E-state index contributed by atoms with van der Waals surface area (Å²) >= 11 is 1.54. The molecule has 0 spiro atoms. The maximum absolute atomic E-state index is 13.4. The molecule has 1 aliphatic rings. The largest absolute Gasteiger partial charge is 0.296 e. The molecule has 1 saturated heterocycles. The fourth-order valence-electron chi connectivity index (χ4n) is 3.39. The smallest absolute Gasteiger partial charge is 0.196 e. The van der Waals surface area contributed by atoms with Gasteiger partial charge in [-0.3, -0.25) is 9.47 Å². The molecule has 1 aromatic heterocycles. The first-order valence-electron chi connectivity index (χ1n) is 9.49. The van der Waals surface area contributed by atoms with Crippen LogP contribution in [0.3, 0.4) is 0 Å². The van der Waals surface area contributed by atoms with Crippen LogP contribution < -0.4 is 0 Å². The second-order valence-corrected chi connectivity index (χ2v) is 7.91. The number of hydrogen-bond acceptors (Lipinski definition) is 4. The van der Waals surface area contributed by atoms with Gasteiger partial charge in [0.05, 0.1) is 6.54 Å². The summed E-state index contributed by atoms with van der Waals surface area (Å²) in [5, 5.41) is 9.58. The third kappa shape index (κ3) is 4.59. The zero-order chi connectivity index (χ0) is 19.3. The monoisotopic (exact) mass is 400 g/mol. The molecule has 4 rings (SSSR count). The SMILES string of the molecule is Fc1ccc(CSc2nnc(CN3CCCCC3)n2-c2ccc(F)cc2)cc1. The number of rotatable bonds is 6. The molecule has 4 nitrogen and oxygen atoms in total. The highest BCUT2D eigenvalue weighted by Crippen LogP contribution is 2.26. The van der Waals surface area contributed by atoms with E-state index in [2.05, 4.69) is 15.1 Å². The lowest BCUT2D eigenvalue weighted by atomic mass is 10.1. The van der Waals surface area contributed by atoms with E-state index >= 15 is 0 Å². The Balaban J connectivity index is 1.59. The predicted molar refractivity (Wildman–Crippen MR) is 106 cm³/mol. The summed E-state index contributed by atoms with van der Waals surface area (Å²) in [5.41, 5.74) is 1.86. The van der Waals surface area contributed by atoms with E-state index in [1.54, 1.807) is 36.0 Å². The van der Waals surface area contributed by atoms with E-state index in [1.807, 2.05) is 4.57 Å². The van der Waals surface area contributed by atoms with Gasteiger partial charge in [-0.2, -0.15) is 0 Å². The Kier molecular flexibility index (Phi) is 6.02. The molecule has 0 amide bonds. The molecule has 0 atom stereocenters. The second kappa shape index (κ2) is 8.84. The third-order valence-electron chi connectivity index (χ3n) is 4.88. The van der Waals surface area contributed by atoms with Crippen molar-refractivity contribution in [2.75, 3.05) is 13.1 Å². The average molecular weight is 400 g/mol. The van der Waals surface area contributed by atoms with Crippen LogP contribution in [0, 0.1) is 11.6 Å². The minimum Gasteiger partial charge on any atom is -0.296 e. The number of nitrogens with zero attached hydrogens (tertiary/aromatic N) is 4. The van der Waals surface area contributed by atoms with Gasteiger partial charge in [0, 0.05) is 11.4 Å². The molecule has 28 heavy (non-hydrogen) atoms. The quantitative estimate of drug-likeness (QED) is 0.556. The van der Waals surface area contributed by atoms with Crippen LogP contribution in [0.25, 0.3) is 5.69 Å². The van der Waals surface area contributed by atoms with E-state index in [4.69, 9.17) is 0 Å².